The predicted molar refractivity (Wildman–Crippen MR) is 79.7 cm³/mol. The second-order valence-corrected chi connectivity index (χ2v) is 5.11. The number of anilines is 1. The molecule has 0 aliphatic heterocycles. The van der Waals surface area contributed by atoms with Crippen LogP contribution in [0.1, 0.15) is 0 Å². The highest BCUT2D eigenvalue weighted by Crippen LogP contribution is 2.28. The number of hydrogen-bond acceptors (Lipinski definition) is 3. The highest BCUT2D eigenvalue weighted by Gasteiger charge is 2.12. The lowest BCUT2D eigenvalue weighted by molar-refractivity contribution is 0.415. The molecular weight excluding hydrogens is 325 g/mol. The lowest BCUT2D eigenvalue weighted by atomic mass is 10.2. The number of aromatic nitrogens is 2. The fourth-order valence-electron chi connectivity index (χ4n) is 2.10. The van der Waals surface area contributed by atoms with Gasteiger partial charge in [0.15, 0.2) is 0 Å². The highest BCUT2D eigenvalue weighted by molar-refractivity contribution is 9.10. The van der Waals surface area contributed by atoms with E-state index >= 15 is 0 Å². The van der Waals surface area contributed by atoms with Crippen molar-refractivity contribution >= 4 is 32.9 Å². The van der Waals surface area contributed by atoms with Gasteiger partial charge in [-0.2, -0.15) is 0 Å². The highest BCUT2D eigenvalue weighted by atomic mass is 79.9. The molecule has 0 radical (unpaired) electrons. The average molecular weight is 336 g/mol. The Morgan fingerprint density at radius 1 is 1.25 bits per heavy atom. The number of halogens is 2. The summed E-state index contributed by atoms with van der Waals surface area (Å²) in [5, 5.41) is 0. The molecule has 0 saturated carbocycles. The van der Waals surface area contributed by atoms with Crippen LogP contribution in [0.2, 0.25) is 0 Å². The minimum Gasteiger partial charge on any atom is -0.497 e. The summed E-state index contributed by atoms with van der Waals surface area (Å²) in [6.07, 6.45) is 0. The summed E-state index contributed by atoms with van der Waals surface area (Å²) in [6.45, 7) is 0. The Morgan fingerprint density at radius 3 is 2.75 bits per heavy atom. The number of rotatable bonds is 2. The van der Waals surface area contributed by atoms with Gasteiger partial charge >= 0.3 is 0 Å². The monoisotopic (exact) mass is 335 g/mol. The van der Waals surface area contributed by atoms with Crippen LogP contribution in [-0.2, 0) is 0 Å². The average Bonchev–Trinajstić information content (AvgIpc) is 2.76. The molecule has 0 aliphatic rings. The van der Waals surface area contributed by atoms with Crippen molar-refractivity contribution in [1.82, 2.24) is 9.55 Å². The largest absolute Gasteiger partial charge is 0.497 e. The van der Waals surface area contributed by atoms with Gasteiger partial charge in [-0.1, -0.05) is 0 Å². The Hall–Kier alpha value is -2.08. The first kappa shape index (κ1) is 12.9. The smallest absolute Gasteiger partial charge is 0.205 e. The molecule has 3 rings (SSSR count). The normalized spacial score (nSPS) is 10.9. The maximum atomic E-state index is 13.3. The van der Waals surface area contributed by atoms with Crippen molar-refractivity contribution in [3.63, 3.8) is 0 Å². The Morgan fingerprint density at radius 2 is 2.05 bits per heavy atom. The zero-order chi connectivity index (χ0) is 14.3. The van der Waals surface area contributed by atoms with E-state index in [0.717, 1.165) is 16.7 Å². The quantitative estimate of drug-likeness (QED) is 0.779. The molecule has 2 aromatic carbocycles. The zero-order valence-corrected chi connectivity index (χ0v) is 12.2. The SMILES string of the molecule is COc1ccc2c(c1)nc(N)n2-c1ccc(F)c(Br)c1. The van der Waals surface area contributed by atoms with Gasteiger partial charge < -0.3 is 10.5 Å². The van der Waals surface area contributed by atoms with E-state index in [0.29, 0.717) is 16.2 Å². The lowest BCUT2D eigenvalue weighted by Gasteiger charge is -2.07. The number of methoxy groups -OCH3 is 1. The number of nitrogens with two attached hydrogens (primary N) is 1. The number of nitrogens with zero attached hydrogens (tertiary/aromatic N) is 2. The molecule has 6 heteroatoms. The molecule has 0 bridgehead atoms. The third-order valence-corrected chi connectivity index (χ3v) is 3.66. The van der Waals surface area contributed by atoms with Crippen LogP contribution in [0.5, 0.6) is 5.75 Å². The van der Waals surface area contributed by atoms with E-state index in [-0.39, 0.29) is 5.82 Å². The first-order valence-corrected chi connectivity index (χ1v) is 6.67. The van der Waals surface area contributed by atoms with Crippen LogP contribution in [0.3, 0.4) is 0 Å². The second-order valence-electron chi connectivity index (χ2n) is 4.26. The van der Waals surface area contributed by atoms with Crippen LogP contribution in [-0.4, -0.2) is 16.7 Å². The summed E-state index contributed by atoms with van der Waals surface area (Å²) in [5.74, 6) is 0.729. The molecular formula is C14H11BrFN3O. The number of ether oxygens (including phenoxy) is 1. The van der Waals surface area contributed by atoms with Crippen molar-refractivity contribution in [3.8, 4) is 11.4 Å². The molecule has 1 heterocycles. The molecule has 0 unspecified atom stereocenters. The molecule has 0 amide bonds. The van der Waals surface area contributed by atoms with Gasteiger partial charge in [0, 0.05) is 6.07 Å². The minimum atomic E-state index is -0.321. The number of benzene rings is 2. The summed E-state index contributed by atoms with van der Waals surface area (Å²) < 4.78 is 20.6. The minimum absolute atomic E-state index is 0.321. The predicted octanol–water partition coefficient (Wildman–Crippen LogP) is 3.52. The standard InChI is InChI=1S/C14H11BrFN3O/c1-20-9-3-5-13-12(7-9)18-14(17)19(13)8-2-4-11(16)10(15)6-8/h2-7H,1H3,(H2,17,18). The second kappa shape index (κ2) is 4.79. The van der Waals surface area contributed by atoms with E-state index in [1.807, 2.05) is 12.1 Å². The van der Waals surface area contributed by atoms with Crippen LogP contribution in [0.25, 0.3) is 16.7 Å². The Balaban J connectivity index is 2.24. The number of nitrogen functional groups attached to an aromatic ring is 1. The summed E-state index contributed by atoms with van der Waals surface area (Å²) in [5.41, 5.74) is 8.27. The summed E-state index contributed by atoms with van der Waals surface area (Å²) in [6, 6.07) is 10.2. The summed E-state index contributed by atoms with van der Waals surface area (Å²) in [4.78, 5) is 4.30. The Labute approximate surface area is 123 Å². The van der Waals surface area contributed by atoms with Crippen molar-refractivity contribution in [2.24, 2.45) is 0 Å². The molecule has 1 aromatic heterocycles. The van der Waals surface area contributed by atoms with Gasteiger partial charge in [-0.25, -0.2) is 9.37 Å². The van der Waals surface area contributed by atoms with Crippen LogP contribution in [0, 0.1) is 5.82 Å². The molecule has 0 aliphatic carbocycles. The topological polar surface area (TPSA) is 53.1 Å². The number of hydrogen-bond donors (Lipinski definition) is 1. The molecule has 2 N–H and O–H groups in total. The van der Waals surface area contributed by atoms with Crippen molar-refractivity contribution in [1.29, 1.82) is 0 Å². The van der Waals surface area contributed by atoms with E-state index < -0.39 is 0 Å². The van der Waals surface area contributed by atoms with Crippen molar-refractivity contribution in [2.45, 2.75) is 0 Å². The summed E-state index contributed by atoms with van der Waals surface area (Å²) >= 11 is 3.17. The first-order chi connectivity index (χ1) is 9.60. The van der Waals surface area contributed by atoms with Crippen molar-refractivity contribution in [2.75, 3.05) is 12.8 Å². The van der Waals surface area contributed by atoms with Crippen molar-refractivity contribution in [3.05, 3.63) is 46.7 Å². The van der Waals surface area contributed by atoms with E-state index in [9.17, 15) is 4.39 Å². The number of fused-ring (bicyclic) bond motifs is 1. The number of imidazole rings is 1. The van der Waals surface area contributed by atoms with Crippen LogP contribution in [0.15, 0.2) is 40.9 Å². The van der Waals surface area contributed by atoms with Crippen molar-refractivity contribution < 1.29 is 9.13 Å². The first-order valence-electron chi connectivity index (χ1n) is 5.87. The van der Waals surface area contributed by atoms with Crippen LogP contribution >= 0.6 is 15.9 Å². The molecule has 0 atom stereocenters. The van der Waals surface area contributed by atoms with Gasteiger partial charge in [-0.3, -0.25) is 4.57 Å². The van der Waals surface area contributed by atoms with E-state index in [4.69, 9.17) is 10.5 Å². The maximum absolute atomic E-state index is 13.3. The fraction of sp³-hybridized carbons (Fsp3) is 0.0714. The van der Waals surface area contributed by atoms with Gasteiger partial charge in [0.1, 0.15) is 11.6 Å². The maximum Gasteiger partial charge on any atom is 0.205 e. The molecule has 3 aromatic rings. The zero-order valence-electron chi connectivity index (χ0n) is 10.6. The fourth-order valence-corrected chi connectivity index (χ4v) is 2.47. The van der Waals surface area contributed by atoms with Crippen LogP contribution in [0.4, 0.5) is 10.3 Å². The molecule has 102 valence electrons. The third-order valence-electron chi connectivity index (χ3n) is 3.05. The summed E-state index contributed by atoms with van der Waals surface area (Å²) in [7, 11) is 1.60. The van der Waals surface area contributed by atoms with Gasteiger partial charge in [-0.05, 0) is 46.3 Å². The molecule has 0 saturated heterocycles. The van der Waals surface area contributed by atoms with Gasteiger partial charge in [0.2, 0.25) is 5.95 Å². The Bertz CT molecular complexity index is 800. The van der Waals surface area contributed by atoms with E-state index in [1.165, 1.54) is 6.07 Å². The lowest BCUT2D eigenvalue weighted by Crippen LogP contribution is -2.00. The Kier molecular flexibility index (Phi) is 3.10. The van der Waals surface area contributed by atoms with Gasteiger partial charge in [0.05, 0.1) is 28.3 Å². The van der Waals surface area contributed by atoms with Gasteiger partial charge in [0.25, 0.3) is 0 Å². The van der Waals surface area contributed by atoms with E-state index in [2.05, 4.69) is 20.9 Å². The van der Waals surface area contributed by atoms with Crippen LogP contribution < -0.4 is 10.5 Å². The molecule has 4 nitrogen and oxygen atoms in total. The molecule has 0 fully saturated rings. The van der Waals surface area contributed by atoms with Gasteiger partial charge in [-0.15, -0.1) is 0 Å². The molecule has 20 heavy (non-hydrogen) atoms. The van der Waals surface area contributed by atoms with E-state index in [1.54, 1.807) is 29.9 Å². The third kappa shape index (κ3) is 2.02. The molecule has 0 spiro atoms.